The summed E-state index contributed by atoms with van der Waals surface area (Å²) in [7, 11) is 0. The summed E-state index contributed by atoms with van der Waals surface area (Å²) in [4.78, 5) is 0. The minimum absolute atomic E-state index is 0.0790. The van der Waals surface area contributed by atoms with Gasteiger partial charge in [0.1, 0.15) is 0 Å². The van der Waals surface area contributed by atoms with Crippen molar-refractivity contribution in [3.05, 3.63) is 126 Å². The zero-order valence-electron chi connectivity index (χ0n) is 20.4. The first-order valence-corrected chi connectivity index (χ1v) is 12.7. The molecular weight excluding hydrogens is 434 g/mol. The van der Waals surface area contributed by atoms with Gasteiger partial charge in [-0.3, -0.25) is 0 Å². The molecule has 1 aliphatic carbocycles. The number of aromatic nitrogens is 1. The number of rotatable bonds is 1. The SMILES string of the molecule is CC1(C)c2cc3c(cc2-c2ccc4ccccc4c21)c1ccccc1n3-c1ccc2ccccc2c1. The molecule has 1 aromatic heterocycles. The largest absolute Gasteiger partial charge is 0.309 e. The molecule has 0 radical (unpaired) electrons. The Balaban J connectivity index is 1.49. The molecule has 0 aliphatic heterocycles. The number of nitrogens with zero attached hydrogens (tertiary/aromatic N) is 1. The lowest BCUT2D eigenvalue weighted by Crippen LogP contribution is -2.15. The van der Waals surface area contributed by atoms with Gasteiger partial charge in [-0.25, -0.2) is 0 Å². The van der Waals surface area contributed by atoms with Crippen LogP contribution in [0, 0.1) is 0 Å². The fourth-order valence-corrected chi connectivity index (χ4v) is 6.65. The van der Waals surface area contributed by atoms with Crippen molar-refractivity contribution in [1.29, 1.82) is 0 Å². The molecule has 36 heavy (non-hydrogen) atoms. The van der Waals surface area contributed by atoms with Crippen molar-refractivity contribution >= 4 is 43.4 Å². The van der Waals surface area contributed by atoms with Crippen molar-refractivity contribution in [2.45, 2.75) is 19.3 Å². The molecule has 0 unspecified atom stereocenters. The lowest BCUT2D eigenvalue weighted by atomic mass is 9.80. The van der Waals surface area contributed by atoms with Crippen LogP contribution in [-0.2, 0) is 5.41 Å². The molecule has 1 nitrogen and oxygen atoms in total. The predicted molar refractivity (Wildman–Crippen MR) is 153 cm³/mol. The monoisotopic (exact) mass is 459 g/mol. The van der Waals surface area contributed by atoms with Gasteiger partial charge in [-0.05, 0) is 74.1 Å². The molecule has 0 spiro atoms. The highest BCUT2D eigenvalue weighted by atomic mass is 15.0. The van der Waals surface area contributed by atoms with Gasteiger partial charge < -0.3 is 4.57 Å². The Bertz CT molecular complexity index is 2020. The van der Waals surface area contributed by atoms with Crippen LogP contribution >= 0.6 is 0 Å². The molecule has 8 rings (SSSR count). The zero-order chi connectivity index (χ0) is 24.0. The summed E-state index contributed by atoms with van der Waals surface area (Å²) < 4.78 is 2.45. The Morgan fingerprint density at radius 1 is 0.500 bits per heavy atom. The number of para-hydroxylation sites is 1. The van der Waals surface area contributed by atoms with E-state index in [1.54, 1.807) is 0 Å². The highest BCUT2D eigenvalue weighted by Crippen LogP contribution is 2.53. The maximum Gasteiger partial charge on any atom is 0.0544 e. The van der Waals surface area contributed by atoms with E-state index >= 15 is 0 Å². The molecule has 0 amide bonds. The second-order valence-electron chi connectivity index (χ2n) is 10.6. The first kappa shape index (κ1) is 19.9. The average molecular weight is 460 g/mol. The van der Waals surface area contributed by atoms with E-state index in [0.717, 1.165) is 0 Å². The molecule has 1 heteroatoms. The number of hydrogen-bond donors (Lipinski definition) is 0. The van der Waals surface area contributed by atoms with Crippen LogP contribution in [0.4, 0.5) is 0 Å². The molecule has 170 valence electrons. The zero-order valence-corrected chi connectivity index (χ0v) is 20.4. The topological polar surface area (TPSA) is 4.93 Å². The third kappa shape index (κ3) is 2.50. The van der Waals surface area contributed by atoms with Gasteiger partial charge in [0.2, 0.25) is 0 Å². The number of fused-ring (bicyclic) bond motifs is 9. The quantitative estimate of drug-likeness (QED) is 0.230. The van der Waals surface area contributed by atoms with Gasteiger partial charge in [-0.1, -0.05) is 98.8 Å². The Morgan fingerprint density at radius 3 is 2.06 bits per heavy atom. The molecule has 7 aromatic rings. The Hall–Kier alpha value is -4.36. The van der Waals surface area contributed by atoms with E-state index in [9.17, 15) is 0 Å². The smallest absolute Gasteiger partial charge is 0.0544 e. The highest BCUT2D eigenvalue weighted by molar-refractivity contribution is 6.12. The second-order valence-corrected chi connectivity index (χ2v) is 10.6. The van der Waals surface area contributed by atoms with Crippen molar-refractivity contribution in [3.8, 4) is 16.8 Å². The van der Waals surface area contributed by atoms with E-state index in [1.807, 2.05) is 0 Å². The third-order valence-corrected chi connectivity index (χ3v) is 8.32. The molecule has 0 saturated heterocycles. The van der Waals surface area contributed by atoms with Crippen molar-refractivity contribution in [2.75, 3.05) is 0 Å². The van der Waals surface area contributed by atoms with Crippen LogP contribution in [0.3, 0.4) is 0 Å². The summed E-state index contributed by atoms with van der Waals surface area (Å²) >= 11 is 0. The maximum absolute atomic E-state index is 2.47. The fraction of sp³-hybridized carbons (Fsp3) is 0.0857. The lowest BCUT2D eigenvalue weighted by molar-refractivity contribution is 0.667. The predicted octanol–water partition coefficient (Wildman–Crippen LogP) is 9.40. The van der Waals surface area contributed by atoms with Gasteiger partial charge in [0, 0.05) is 21.9 Å². The van der Waals surface area contributed by atoms with Crippen molar-refractivity contribution in [1.82, 2.24) is 4.57 Å². The highest BCUT2D eigenvalue weighted by Gasteiger charge is 2.37. The van der Waals surface area contributed by atoms with Crippen LogP contribution < -0.4 is 0 Å². The molecule has 0 atom stereocenters. The molecule has 0 fully saturated rings. The lowest BCUT2D eigenvalue weighted by Gasteiger charge is -2.23. The van der Waals surface area contributed by atoms with E-state index in [1.165, 1.54) is 71.3 Å². The number of benzene rings is 6. The van der Waals surface area contributed by atoms with E-state index in [4.69, 9.17) is 0 Å². The fourth-order valence-electron chi connectivity index (χ4n) is 6.65. The van der Waals surface area contributed by atoms with Crippen LogP contribution in [-0.4, -0.2) is 4.57 Å². The van der Waals surface area contributed by atoms with Gasteiger partial charge in [0.25, 0.3) is 0 Å². The summed E-state index contributed by atoms with van der Waals surface area (Å²) in [5.74, 6) is 0. The van der Waals surface area contributed by atoms with Crippen LogP contribution in [0.5, 0.6) is 0 Å². The third-order valence-electron chi connectivity index (χ3n) is 8.32. The van der Waals surface area contributed by atoms with Crippen molar-refractivity contribution in [3.63, 3.8) is 0 Å². The summed E-state index contributed by atoms with van der Waals surface area (Å²) in [5, 5.41) is 7.83. The Kier molecular flexibility index (Phi) is 3.79. The molecule has 6 aromatic carbocycles. The molecular formula is C35H25N. The van der Waals surface area contributed by atoms with Gasteiger partial charge in [-0.2, -0.15) is 0 Å². The Morgan fingerprint density at radius 2 is 1.19 bits per heavy atom. The van der Waals surface area contributed by atoms with Gasteiger partial charge in [0.05, 0.1) is 11.0 Å². The molecule has 0 saturated carbocycles. The summed E-state index contributed by atoms with van der Waals surface area (Å²) in [6, 6.07) is 42.6. The first-order chi connectivity index (χ1) is 17.6. The van der Waals surface area contributed by atoms with Crippen LogP contribution in [0.15, 0.2) is 115 Å². The minimum atomic E-state index is -0.0790. The van der Waals surface area contributed by atoms with Crippen LogP contribution in [0.2, 0.25) is 0 Å². The molecule has 1 aliphatic rings. The van der Waals surface area contributed by atoms with Gasteiger partial charge in [-0.15, -0.1) is 0 Å². The van der Waals surface area contributed by atoms with Crippen molar-refractivity contribution < 1.29 is 0 Å². The Labute approximate surface area is 210 Å². The van der Waals surface area contributed by atoms with E-state index in [-0.39, 0.29) is 5.41 Å². The first-order valence-electron chi connectivity index (χ1n) is 12.7. The molecule has 0 bridgehead atoms. The average Bonchev–Trinajstić information content (AvgIpc) is 3.36. The van der Waals surface area contributed by atoms with E-state index in [0.29, 0.717) is 0 Å². The number of hydrogen-bond acceptors (Lipinski definition) is 0. The van der Waals surface area contributed by atoms with E-state index in [2.05, 4.69) is 134 Å². The summed E-state index contributed by atoms with van der Waals surface area (Å²) in [6.07, 6.45) is 0. The molecule has 0 N–H and O–H groups in total. The van der Waals surface area contributed by atoms with Crippen molar-refractivity contribution in [2.24, 2.45) is 0 Å². The van der Waals surface area contributed by atoms with Gasteiger partial charge in [0.15, 0.2) is 0 Å². The minimum Gasteiger partial charge on any atom is -0.309 e. The summed E-state index contributed by atoms with van der Waals surface area (Å²) in [6.45, 7) is 4.78. The maximum atomic E-state index is 2.47. The standard InChI is InChI=1S/C35H25N/c1-35(2)31-21-33-30(20-29(31)28-18-16-23-10-5-6-12-26(23)34(28)35)27-13-7-8-14-32(27)36(33)25-17-15-22-9-3-4-11-24(22)19-25/h3-21H,1-2H3. The second kappa shape index (κ2) is 6.86. The normalized spacial score (nSPS) is 14.1. The van der Waals surface area contributed by atoms with Crippen LogP contribution in [0.1, 0.15) is 25.0 Å². The summed E-state index contributed by atoms with van der Waals surface area (Å²) in [5.41, 5.74) is 9.26. The van der Waals surface area contributed by atoms with Gasteiger partial charge >= 0.3 is 0 Å². The van der Waals surface area contributed by atoms with E-state index < -0.39 is 0 Å². The molecule has 1 heterocycles. The van der Waals surface area contributed by atoms with Crippen LogP contribution in [0.25, 0.3) is 60.2 Å².